The molecule has 1 amide bonds. The third-order valence-corrected chi connectivity index (χ3v) is 4.34. The van der Waals surface area contributed by atoms with Crippen molar-refractivity contribution in [3.8, 4) is 33.8 Å². The van der Waals surface area contributed by atoms with E-state index in [2.05, 4.69) is 5.16 Å². The maximum atomic E-state index is 13.4. The average molecular weight is 392 g/mol. The zero-order valence-corrected chi connectivity index (χ0v) is 14.8. The number of aromatic hydroxyl groups is 2. The highest BCUT2D eigenvalue weighted by molar-refractivity contribution is 5.95. The standard InChI is InChI=1S/C19H15F3N2O4/c1-8-14(9(2)28-24-8)15-12(10-3-5-11(6-4-10)18(23)27)7-13(19(20,21)22)16(25)17(15)26/h3-7,25-26H,1-2H3,(H2,23,27). The first-order chi connectivity index (χ1) is 13.0. The van der Waals surface area contributed by atoms with E-state index in [1.807, 2.05) is 0 Å². The number of rotatable bonds is 3. The number of hydrogen-bond donors (Lipinski definition) is 3. The van der Waals surface area contributed by atoms with Crippen molar-refractivity contribution in [2.24, 2.45) is 5.73 Å². The monoisotopic (exact) mass is 392 g/mol. The Labute approximate surface area is 157 Å². The van der Waals surface area contributed by atoms with Gasteiger partial charge in [0.1, 0.15) is 11.3 Å². The zero-order chi connectivity index (χ0) is 20.8. The molecule has 28 heavy (non-hydrogen) atoms. The molecular weight excluding hydrogens is 377 g/mol. The molecule has 4 N–H and O–H groups in total. The summed E-state index contributed by atoms with van der Waals surface area (Å²) in [5, 5.41) is 24.2. The molecule has 0 aliphatic carbocycles. The summed E-state index contributed by atoms with van der Waals surface area (Å²) in [4.78, 5) is 11.3. The number of carbonyl (C=O) groups is 1. The Balaban J connectivity index is 2.38. The number of halogens is 3. The summed E-state index contributed by atoms with van der Waals surface area (Å²) in [7, 11) is 0. The van der Waals surface area contributed by atoms with Crippen molar-refractivity contribution in [1.29, 1.82) is 0 Å². The number of carbonyl (C=O) groups excluding carboxylic acids is 1. The quantitative estimate of drug-likeness (QED) is 0.580. The molecule has 2 aromatic carbocycles. The number of amides is 1. The van der Waals surface area contributed by atoms with Gasteiger partial charge in [0.05, 0.1) is 11.3 Å². The lowest BCUT2D eigenvalue weighted by Crippen LogP contribution is -2.10. The fourth-order valence-corrected chi connectivity index (χ4v) is 3.01. The molecule has 0 saturated heterocycles. The molecule has 3 aromatic rings. The van der Waals surface area contributed by atoms with Crippen molar-refractivity contribution >= 4 is 5.91 Å². The Morgan fingerprint density at radius 3 is 2.14 bits per heavy atom. The van der Waals surface area contributed by atoms with Crippen LogP contribution in [-0.4, -0.2) is 21.3 Å². The predicted octanol–water partition coefficient (Wildman–Crippen LogP) is 4.15. The van der Waals surface area contributed by atoms with Gasteiger partial charge < -0.3 is 20.5 Å². The first-order valence-electron chi connectivity index (χ1n) is 8.02. The molecule has 1 heterocycles. The first kappa shape index (κ1) is 19.3. The van der Waals surface area contributed by atoms with Crippen LogP contribution < -0.4 is 5.73 Å². The minimum absolute atomic E-state index is 0.0203. The fraction of sp³-hybridized carbons (Fsp3) is 0.158. The van der Waals surface area contributed by atoms with Crippen LogP contribution in [0.2, 0.25) is 0 Å². The minimum Gasteiger partial charge on any atom is -0.504 e. The molecular formula is C19H15F3N2O4. The molecule has 1 aromatic heterocycles. The van der Waals surface area contributed by atoms with Gasteiger partial charge in [-0.1, -0.05) is 17.3 Å². The number of aromatic nitrogens is 1. The third-order valence-electron chi connectivity index (χ3n) is 4.34. The van der Waals surface area contributed by atoms with E-state index in [9.17, 15) is 28.2 Å². The fourth-order valence-electron chi connectivity index (χ4n) is 3.01. The number of benzene rings is 2. The van der Waals surface area contributed by atoms with E-state index in [1.165, 1.54) is 31.2 Å². The Morgan fingerprint density at radius 1 is 1.07 bits per heavy atom. The number of nitrogens with two attached hydrogens (primary N) is 1. The molecule has 0 saturated carbocycles. The highest BCUT2D eigenvalue weighted by Gasteiger charge is 2.38. The summed E-state index contributed by atoms with van der Waals surface area (Å²) in [6.45, 7) is 3.09. The summed E-state index contributed by atoms with van der Waals surface area (Å²) >= 11 is 0. The summed E-state index contributed by atoms with van der Waals surface area (Å²) in [6, 6.07) is 6.23. The number of aryl methyl sites for hydroxylation is 2. The van der Waals surface area contributed by atoms with Crippen molar-refractivity contribution in [3.63, 3.8) is 0 Å². The summed E-state index contributed by atoms with van der Waals surface area (Å²) in [6.07, 6.45) is -4.90. The number of primary amides is 1. The van der Waals surface area contributed by atoms with Gasteiger partial charge in [0, 0.05) is 11.1 Å². The van der Waals surface area contributed by atoms with Crippen LogP contribution in [0.1, 0.15) is 27.4 Å². The predicted molar refractivity (Wildman–Crippen MR) is 93.7 cm³/mol. The Bertz CT molecular complexity index is 1050. The lowest BCUT2D eigenvalue weighted by molar-refractivity contribution is -0.138. The largest absolute Gasteiger partial charge is 0.504 e. The van der Waals surface area contributed by atoms with Crippen LogP contribution >= 0.6 is 0 Å². The smallest absolute Gasteiger partial charge is 0.420 e. The molecule has 146 valence electrons. The van der Waals surface area contributed by atoms with Gasteiger partial charge in [-0.3, -0.25) is 4.79 Å². The van der Waals surface area contributed by atoms with Gasteiger partial charge in [-0.2, -0.15) is 13.2 Å². The van der Waals surface area contributed by atoms with Gasteiger partial charge in [0.15, 0.2) is 11.5 Å². The van der Waals surface area contributed by atoms with E-state index in [4.69, 9.17) is 10.3 Å². The molecule has 3 rings (SSSR count). The second-order valence-electron chi connectivity index (χ2n) is 6.18. The van der Waals surface area contributed by atoms with Gasteiger partial charge in [-0.25, -0.2) is 0 Å². The molecule has 0 spiro atoms. The lowest BCUT2D eigenvalue weighted by Gasteiger charge is -2.18. The van der Waals surface area contributed by atoms with Crippen molar-refractivity contribution in [1.82, 2.24) is 5.16 Å². The zero-order valence-electron chi connectivity index (χ0n) is 14.8. The molecule has 0 bridgehead atoms. The van der Waals surface area contributed by atoms with Crippen LogP contribution in [0.4, 0.5) is 13.2 Å². The van der Waals surface area contributed by atoms with Crippen LogP contribution in [0, 0.1) is 13.8 Å². The molecule has 0 aliphatic rings. The van der Waals surface area contributed by atoms with E-state index in [0.29, 0.717) is 5.69 Å². The number of phenolic OH excluding ortho intramolecular Hbond substituents is 2. The number of hydrogen-bond acceptors (Lipinski definition) is 5. The topological polar surface area (TPSA) is 110 Å². The highest BCUT2D eigenvalue weighted by Crippen LogP contribution is 2.51. The lowest BCUT2D eigenvalue weighted by atomic mass is 9.90. The highest BCUT2D eigenvalue weighted by atomic mass is 19.4. The van der Waals surface area contributed by atoms with Gasteiger partial charge >= 0.3 is 6.18 Å². The maximum Gasteiger partial charge on any atom is 0.420 e. The van der Waals surface area contributed by atoms with Gasteiger partial charge in [0.25, 0.3) is 0 Å². The molecule has 6 nitrogen and oxygen atoms in total. The van der Waals surface area contributed by atoms with Crippen LogP contribution in [0.15, 0.2) is 34.9 Å². The van der Waals surface area contributed by atoms with Crippen LogP contribution in [0.3, 0.4) is 0 Å². The van der Waals surface area contributed by atoms with Gasteiger partial charge in [-0.15, -0.1) is 0 Å². The van der Waals surface area contributed by atoms with Crippen molar-refractivity contribution in [2.45, 2.75) is 20.0 Å². The molecule has 0 unspecified atom stereocenters. The van der Waals surface area contributed by atoms with E-state index >= 15 is 0 Å². The Morgan fingerprint density at radius 2 is 1.68 bits per heavy atom. The normalized spacial score (nSPS) is 11.6. The van der Waals surface area contributed by atoms with E-state index in [0.717, 1.165) is 6.07 Å². The van der Waals surface area contributed by atoms with Crippen LogP contribution in [0.5, 0.6) is 11.5 Å². The SMILES string of the molecule is Cc1noc(C)c1-c1c(-c2ccc(C(N)=O)cc2)cc(C(F)(F)F)c(O)c1O. The van der Waals surface area contributed by atoms with Crippen LogP contribution in [-0.2, 0) is 6.18 Å². The molecule has 0 fully saturated rings. The minimum atomic E-state index is -4.90. The first-order valence-corrected chi connectivity index (χ1v) is 8.02. The average Bonchev–Trinajstić information content (AvgIpc) is 2.94. The maximum absolute atomic E-state index is 13.4. The van der Waals surface area contributed by atoms with E-state index < -0.39 is 29.1 Å². The second kappa shape index (κ2) is 6.59. The molecule has 0 radical (unpaired) electrons. The van der Waals surface area contributed by atoms with Crippen molar-refractivity contribution in [2.75, 3.05) is 0 Å². The Hall–Kier alpha value is -3.49. The van der Waals surface area contributed by atoms with Crippen molar-refractivity contribution in [3.05, 3.63) is 52.9 Å². The molecule has 0 atom stereocenters. The van der Waals surface area contributed by atoms with Gasteiger partial charge in [0.2, 0.25) is 5.91 Å². The Kier molecular flexibility index (Phi) is 4.54. The van der Waals surface area contributed by atoms with Crippen LogP contribution in [0.25, 0.3) is 22.3 Å². The second-order valence-corrected chi connectivity index (χ2v) is 6.18. The summed E-state index contributed by atoms with van der Waals surface area (Å²) in [5.74, 6) is -2.68. The number of phenols is 2. The van der Waals surface area contributed by atoms with E-state index in [-0.39, 0.29) is 33.6 Å². The van der Waals surface area contributed by atoms with E-state index in [1.54, 1.807) is 6.92 Å². The number of nitrogens with zero attached hydrogens (tertiary/aromatic N) is 1. The number of alkyl halides is 3. The summed E-state index contributed by atoms with van der Waals surface area (Å²) < 4.78 is 45.1. The third kappa shape index (κ3) is 3.15. The molecule has 9 heteroatoms. The summed E-state index contributed by atoms with van der Waals surface area (Å²) in [5.41, 5.74) is 4.73. The van der Waals surface area contributed by atoms with Gasteiger partial charge in [-0.05, 0) is 43.2 Å². The molecule has 0 aliphatic heterocycles. The van der Waals surface area contributed by atoms with Crippen molar-refractivity contribution < 1.29 is 32.7 Å².